The predicted molar refractivity (Wildman–Crippen MR) is 79.9 cm³/mol. The third-order valence-electron chi connectivity index (χ3n) is 4.60. The molecule has 0 aliphatic carbocycles. The van der Waals surface area contributed by atoms with Crippen molar-refractivity contribution in [3.63, 3.8) is 0 Å². The van der Waals surface area contributed by atoms with Gasteiger partial charge in [-0.15, -0.1) is 0 Å². The Kier molecular flexibility index (Phi) is 5.45. The molecule has 5 nitrogen and oxygen atoms in total. The fraction of sp³-hybridized carbons (Fsp3) is 0.929. The Morgan fingerprint density at radius 1 is 1.32 bits per heavy atom. The molecule has 110 valence electrons. The Bertz CT molecular complexity index is 290. The molecule has 2 rings (SSSR count). The maximum absolute atomic E-state index is 5.56. The van der Waals surface area contributed by atoms with Crippen LogP contribution in [0, 0.1) is 0 Å². The molecule has 4 N–H and O–H groups in total. The molecule has 0 amide bonds. The molecule has 19 heavy (non-hydrogen) atoms. The smallest absolute Gasteiger partial charge is 0.205 e. The van der Waals surface area contributed by atoms with Crippen LogP contribution < -0.4 is 16.6 Å². The van der Waals surface area contributed by atoms with Crippen molar-refractivity contribution >= 4 is 5.96 Å². The minimum Gasteiger partial charge on any atom is -0.352 e. The van der Waals surface area contributed by atoms with Gasteiger partial charge in [-0.05, 0) is 39.2 Å². The van der Waals surface area contributed by atoms with Crippen molar-refractivity contribution < 1.29 is 0 Å². The number of nitrogens with two attached hydrogens (primary N) is 1. The van der Waals surface area contributed by atoms with E-state index < -0.39 is 0 Å². The normalized spacial score (nSPS) is 32.2. The first kappa shape index (κ1) is 14.6. The molecule has 0 saturated carbocycles. The Hall–Kier alpha value is -0.810. The van der Waals surface area contributed by atoms with E-state index in [1.165, 1.54) is 38.5 Å². The molecule has 0 spiro atoms. The summed E-state index contributed by atoms with van der Waals surface area (Å²) in [6.07, 6.45) is 8.76. The molecule has 2 heterocycles. The molecule has 0 aromatic carbocycles. The first-order valence-electron chi connectivity index (χ1n) is 7.74. The topological polar surface area (TPSA) is 65.7 Å². The van der Waals surface area contributed by atoms with E-state index in [0.29, 0.717) is 6.04 Å². The van der Waals surface area contributed by atoms with Crippen LogP contribution in [0.1, 0.15) is 51.9 Å². The van der Waals surface area contributed by atoms with Gasteiger partial charge in [0.25, 0.3) is 0 Å². The van der Waals surface area contributed by atoms with Gasteiger partial charge in [-0.3, -0.25) is 10.4 Å². The molecule has 2 unspecified atom stereocenters. The van der Waals surface area contributed by atoms with Gasteiger partial charge in [-0.2, -0.15) is 0 Å². The van der Waals surface area contributed by atoms with E-state index in [4.69, 9.17) is 5.84 Å². The first-order valence-corrected chi connectivity index (χ1v) is 7.74. The second kappa shape index (κ2) is 7.10. The van der Waals surface area contributed by atoms with Gasteiger partial charge in [-0.1, -0.05) is 19.8 Å². The van der Waals surface area contributed by atoms with E-state index in [1.807, 2.05) is 0 Å². The Labute approximate surface area is 117 Å². The maximum atomic E-state index is 5.56. The summed E-state index contributed by atoms with van der Waals surface area (Å²) >= 11 is 0. The van der Waals surface area contributed by atoms with Crippen LogP contribution in [0.4, 0.5) is 0 Å². The number of guanidine groups is 1. The van der Waals surface area contributed by atoms with Gasteiger partial charge in [0.2, 0.25) is 5.96 Å². The lowest BCUT2D eigenvalue weighted by atomic mass is 9.82. The predicted octanol–water partition coefficient (Wildman–Crippen LogP) is 1.21. The van der Waals surface area contributed by atoms with E-state index in [-0.39, 0.29) is 0 Å². The lowest BCUT2D eigenvalue weighted by molar-refractivity contribution is 0.0526. The number of aliphatic imine (C=N–C) groups is 1. The summed E-state index contributed by atoms with van der Waals surface area (Å²) in [7, 11) is 2.28. The molecule has 2 saturated heterocycles. The molecule has 0 aromatic heterocycles. The second-order valence-corrected chi connectivity index (χ2v) is 5.94. The minimum absolute atomic E-state index is 0.517. The number of unbranched alkanes of at least 4 members (excludes halogenated alkanes) is 1. The highest BCUT2D eigenvalue weighted by molar-refractivity contribution is 5.79. The molecule has 2 aliphatic heterocycles. The molecule has 2 atom stereocenters. The zero-order valence-corrected chi connectivity index (χ0v) is 12.4. The minimum atomic E-state index is 0.517. The third kappa shape index (κ3) is 3.83. The van der Waals surface area contributed by atoms with Gasteiger partial charge >= 0.3 is 0 Å². The largest absolute Gasteiger partial charge is 0.352 e. The molecule has 2 aliphatic rings. The van der Waals surface area contributed by atoms with Crippen molar-refractivity contribution in [2.24, 2.45) is 10.8 Å². The van der Waals surface area contributed by atoms with Crippen molar-refractivity contribution in [1.82, 2.24) is 15.6 Å². The van der Waals surface area contributed by atoms with Gasteiger partial charge in [0.05, 0.1) is 0 Å². The summed E-state index contributed by atoms with van der Waals surface area (Å²) in [4.78, 5) is 7.07. The summed E-state index contributed by atoms with van der Waals surface area (Å²) in [6, 6.07) is 1.99. The van der Waals surface area contributed by atoms with Crippen molar-refractivity contribution in [2.75, 3.05) is 13.6 Å². The Morgan fingerprint density at radius 2 is 2.00 bits per heavy atom. The SMILES string of the molecule is CCCCN=C(NN)NC1CC2CCCC(C1)N2C. The fourth-order valence-electron chi connectivity index (χ4n) is 3.41. The molecule has 0 radical (unpaired) electrons. The van der Waals surface area contributed by atoms with Crippen LogP contribution in [-0.4, -0.2) is 42.6 Å². The van der Waals surface area contributed by atoms with Gasteiger partial charge in [-0.25, -0.2) is 5.84 Å². The van der Waals surface area contributed by atoms with E-state index in [0.717, 1.165) is 31.0 Å². The number of hydrogen-bond donors (Lipinski definition) is 3. The number of piperidine rings is 2. The summed E-state index contributed by atoms with van der Waals surface area (Å²) < 4.78 is 0. The highest BCUT2D eigenvalue weighted by Gasteiger charge is 2.36. The van der Waals surface area contributed by atoms with Crippen LogP contribution in [0.2, 0.25) is 0 Å². The molecule has 0 aromatic rings. The van der Waals surface area contributed by atoms with Gasteiger partial charge in [0.1, 0.15) is 0 Å². The lowest BCUT2D eigenvalue weighted by Crippen LogP contribution is -2.57. The lowest BCUT2D eigenvalue weighted by Gasteiger charge is -2.47. The number of hydrazine groups is 1. The van der Waals surface area contributed by atoms with E-state index in [2.05, 4.69) is 34.6 Å². The summed E-state index contributed by atoms with van der Waals surface area (Å²) in [5, 5.41) is 3.50. The molecular weight excluding hydrogens is 238 g/mol. The maximum Gasteiger partial charge on any atom is 0.205 e. The Morgan fingerprint density at radius 3 is 2.58 bits per heavy atom. The van der Waals surface area contributed by atoms with Gasteiger partial charge in [0, 0.05) is 24.7 Å². The molecule has 5 heteroatoms. The first-order chi connectivity index (χ1) is 9.24. The van der Waals surface area contributed by atoms with Crippen LogP contribution in [0.15, 0.2) is 4.99 Å². The number of nitrogens with zero attached hydrogens (tertiary/aromatic N) is 2. The average molecular weight is 267 g/mol. The standard InChI is InChI=1S/C14H29N5/c1-3-4-8-16-14(18-15)17-11-9-12-6-5-7-13(10-11)19(12)2/h11-13H,3-10,15H2,1-2H3,(H2,16,17,18). The highest BCUT2D eigenvalue weighted by Crippen LogP contribution is 2.32. The number of fused-ring (bicyclic) bond motifs is 2. The van der Waals surface area contributed by atoms with Crippen molar-refractivity contribution in [1.29, 1.82) is 0 Å². The zero-order valence-electron chi connectivity index (χ0n) is 12.4. The molecule has 2 fully saturated rings. The number of hydrogen-bond acceptors (Lipinski definition) is 3. The second-order valence-electron chi connectivity index (χ2n) is 5.94. The van der Waals surface area contributed by atoms with Crippen LogP contribution >= 0.6 is 0 Å². The fourth-order valence-corrected chi connectivity index (χ4v) is 3.41. The summed E-state index contributed by atoms with van der Waals surface area (Å²) in [5.74, 6) is 6.33. The van der Waals surface area contributed by atoms with Crippen LogP contribution in [0.3, 0.4) is 0 Å². The highest BCUT2D eigenvalue weighted by atomic mass is 15.3. The van der Waals surface area contributed by atoms with E-state index in [9.17, 15) is 0 Å². The van der Waals surface area contributed by atoms with Crippen molar-refractivity contribution in [3.05, 3.63) is 0 Å². The van der Waals surface area contributed by atoms with Crippen LogP contribution in [-0.2, 0) is 0 Å². The molecule has 2 bridgehead atoms. The van der Waals surface area contributed by atoms with Gasteiger partial charge < -0.3 is 10.2 Å². The van der Waals surface area contributed by atoms with Crippen LogP contribution in [0.25, 0.3) is 0 Å². The van der Waals surface area contributed by atoms with Gasteiger partial charge in [0.15, 0.2) is 0 Å². The average Bonchev–Trinajstić information content (AvgIpc) is 2.39. The van der Waals surface area contributed by atoms with E-state index >= 15 is 0 Å². The quantitative estimate of drug-likeness (QED) is 0.235. The number of nitrogens with one attached hydrogen (secondary N) is 2. The third-order valence-corrected chi connectivity index (χ3v) is 4.60. The van der Waals surface area contributed by atoms with Crippen LogP contribution in [0.5, 0.6) is 0 Å². The number of rotatable bonds is 4. The molecular formula is C14H29N5. The zero-order chi connectivity index (χ0) is 13.7. The van der Waals surface area contributed by atoms with Crippen molar-refractivity contribution in [3.8, 4) is 0 Å². The summed E-state index contributed by atoms with van der Waals surface area (Å²) in [5.41, 5.74) is 2.71. The van der Waals surface area contributed by atoms with E-state index in [1.54, 1.807) is 0 Å². The summed E-state index contributed by atoms with van der Waals surface area (Å²) in [6.45, 7) is 3.03. The monoisotopic (exact) mass is 267 g/mol. The van der Waals surface area contributed by atoms with Crippen molar-refractivity contribution in [2.45, 2.75) is 70.0 Å². The Balaban J connectivity index is 1.86.